The van der Waals surface area contributed by atoms with E-state index in [1.807, 2.05) is 13.8 Å². The number of rotatable bonds is 4. The molecule has 1 rings (SSSR count). The van der Waals surface area contributed by atoms with Crippen molar-refractivity contribution < 1.29 is 9.18 Å². The van der Waals surface area contributed by atoms with Gasteiger partial charge in [0.15, 0.2) is 5.96 Å². The van der Waals surface area contributed by atoms with Crippen LogP contribution >= 0.6 is 0 Å². The van der Waals surface area contributed by atoms with Crippen molar-refractivity contribution in [3.05, 3.63) is 0 Å². The summed E-state index contributed by atoms with van der Waals surface area (Å²) in [6.45, 7) is 3.74. The summed E-state index contributed by atoms with van der Waals surface area (Å²) in [6.07, 6.45) is 0.728. The van der Waals surface area contributed by atoms with Crippen LogP contribution in [0.25, 0.3) is 0 Å². The van der Waals surface area contributed by atoms with Gasteiger partial charge in [-0.25, -0.2) is 9.38 Å². The Morgan fingerprint density at radius 2 is 2.36 bits per heavy atom. The molecule has 14 heavy (non-hydrogen) atoms. The third-order valence-electron chi connectivity index (χ3n) is 1.92. The predicted molar refractivity (Wildman–Crippen MR) is 52.8 cm³/mol. The molecule has 0 aliphatic carbocycles. The van der Waals surface area contributed by atoms with Crippen molar-refractivity contribution in [3.8, 4) is 0 Å². The first-order chi connectivity index (χ1) is 6.61. The van der Waals surface area contributed by atoms with Crippen LogP contribution in [0.2, 0.25) is 0 Å². The van der Waals surface area contributed by atoms with E-state index in [1.165, 1.54) is 0 Å². The maximum absolute atomic E-state index is 12.5. The molecule has 0 aromatic rings. The lowest BCUT2D eigenvalue weighted by atomic mass is 10.1. The van der Waals surface area contributed by atoms with Crippen LogP contribution < -0.4 is 10.6 Å². The quantitative estimate of drug-likeness (QED) is 0.693. The van der Waals surface area contributed by atoms with E-state index in [-0.39, 0.29) is 18.5 Å². The number of carbonyl (C=O) groups excluding carboxylic acids is 1. The minimum atomic E-state index is -0.451. The van der Waals surface area contributed by atoms with Crippen LogP contribution in [0.4, 0.5) is 4.39 Å². The summed E-state index contributed by atoms with van der Waals surface area (Å²) in [5, 5.41) is 5.40. The third kappa shape index (κ3) is 3.32. The van der Waals surface area contributed by atoms with E-state index in [0.717, 1.165) is 6.42 Å². The zero-order valence-electron chi connectivity index (χ0n) is 8.51. The van der Waals surface area contributed by atoms with Crippen LogP contribution in [0.15, 0.2) is 4.99 Å². The molecule has 1 aliphatic heterocycles. The Morgan fingerprint density at radius 3 is 2.79 bits per heavy atom. The predicted octanol–water partition coefficient (Wildman–Crippen LogP) is 0.446. The molecule has 0 aromatic carbocycles. The molecule has 0 bridgehead atoms. The SMILES string of the molecule is CC(C)C[C@H](CF)NC1=NCC(=O)N1. The zero-order valence-corrected chi connectivity index (χ0v) is 8.51. The number of halogens is 1. The van der Waals surface area contributed by atoms with Gasteiger partial charge in [0, 0.05) is 0 Å². The van der Waals surface area contributed by atoms with E-state index in [4.69, 9.17) is 0 Å². The molecule has 0 aromatic heterocycles. The van der Waals surface area contributed by atoms with Crippen LogP contribution in [0.1, 0.15) is 20.3 Å². The van der Waals surface area contributed by atoms with Crippen molar-refractivity contribution in [2.75, 3.05) is 13.2 Å². The van der Waals surface area contributed by atoms with E-state index in [2.05, 4.69) is 15.6 Å². The first kappa shape index (κ1) is 10.9. The molecule has 80 valence electrons. The van der Waals surface area contributed by atoms with Crippen LogP contribution in [0, 0.1) is 5.92 Å². The Balaban J connectivity index is 2.37. The number of aliphatic imine (C=N–C) groups is 1. The van der Waals surface area contributed by atoms with Crippen LogP contribution in [-0.4, -0.2) is 31.1 Å². The number of guanidine groups is 1. The van der Waals surface area contributed by atoms with Gasteiger partial charge in [-0.05, 0) is 12.3 Å². The highest BCUT2D eigenvalue weighted by Crippen LogP contribution is 2.05. The normalized spacial score (nSPS) is 18.0. The summed E-state index contributed by atoms with van der Waals surface area (Å²) in [6, 6.07) is -0.257. The standard InChI is InChI=1S/C9H16FN3O/c1-6(2)3-7(4-10)12-9-11-5-8(14)13-9/h6-7H,3-5H2,1-2H3,(H2,11,12,13,14)/t7-/m1/s1. The lowest BCUT2D eigenvalue weighted by molar-refractivity contribution is -0.117. The summed E-state index contributed by atoms with van der Waals surface area (Å²) in [7, 11) is 0. The van der Waals surface area contributed by atoms with Crippen LogP contribution in [-0.2, 0) is 4.79 Å². The van der Waals surface area contributed by atoms with Crippen LogP contribution in [0.5, 0.6) is 0 Å². The van der Waals surface area contributed by atoms with Gasteiger partial charge < -0.3 is 5.32 Å². The Kier molecular flexibility index (Phi) is 3.85. The lowest BCUT2D eigenvalue weighted by Gasteiger charge is -2.17. The molecule has 2 N–H and O–H groups in total. The number of hydrogen-bond donors (Lipinski definition) is 2. The van der Waals surface area contributed by atoms with Gasteiger partial charge in [-0.1, -0.05) is 13.8 Å². The van der Waals surface area contributed by atoms with Crippen molar-refractivity contribution in [2.24, 2.45) is 10.9 Å². The molecule has 0 radical (unpaired) electrons. The fourth-order valence-corrected chi connectivity index (χ4v) is 1.37. The molecule has 5 heteroatoms. The second-order valence-electron chi connectivity index (χ2n) is 3.84. The number of nitrogens with one attached hydrogen (secondary N) is 2. The molecule has 1 amide bonds. The van der Waals surface area contributed by atoms with Gasteiger partial charge in [0.1, 0.15) is 13.2 Å². The Hall–Kier alpha value is -1.13. The monoisotopic (exact) mass is 201 g/mol. The van der Waals surface area contributed by atoms with Crippen molar-refractivity contribution in [1.29, 1.82) is 0 Å². The van der Waals surface area contributed by atoms with Gasteiger partial charge in [0.05, 0.1) is 6.04 Å². The highest BCUT2D eigenvalue weighted by Gasteiger charge is 2.17. The summed E-state index contributed by atoms with van der Waals surface area (Å²) in [5.41, 5.74) is 0. The molecular weight excluding hydrogens is 185 g/mol. The molecule has 0 saturated heterocycles. The van der Waals surface area contributed by atoms with Crippen molar-refractivity contribution in [2.45, 2.75) is 26.3 Å². The number of carbonyl (C=O) groups is 1. The number of alkyl halides is 1. The average molecular weight is 201 g/mol. The molecule has 0 fully saturated rings. The Labute approximate surface area is 83.0 Å². The second kappa shape index (κ2) is 4.93. The van der Waals surface area contributed by atoms with Crippen molar-refractivity contribution >= 4 is 11.9 Å². The summed E-state index contributed by atoms with van der Waals surface area (Å²) < 4.78 is 12.5. The van der Waals surface area contributed by atoms with Gasteiger partial charge in [-0.2, -0.15) is 0 Å². The largest absolute Gasteiger partial charge is 0.351 e. The second-order valence-corrected chi connectivity index (χ2v) is 3.84. The minimum absolute atomic E-state index is 0.142. The summed E-state index contributed by atoms with van der Waals surface area (Å²) >= 11 is 0. The Morgan fingerprint density at radius 1 is 1.64 bits per heavy atom. The van der Waals surface area contributed by atoms with Crippen molar-refractivity contribution in [1.82, 2.24) is 10.6 Å². The topological polar surface area (TPSA) is 53.5 Å². The summed E-state index contributed by atoms with van der Waals surface area (Å²) in [4.78, 5) is 14.7. The lowest BCUT2D eigenvalue weighted by Crippen LogP contribution is -2.44. The molecule has 0 spiro atoms. The number of amides is 1. The highest BCUT2D eigenvalue weighted by molar-refractivity contribution is 6.02. The molecule has 4 nitrogen and oxygen atoms in total. The molecule has 1 atom stereocenters. The van der Waals surface area contributed by atoms with E-state index in [1.54, 1.807) is 0 Å². The smallest absolute Gasteiger partial charge is 0.248 e. The van der Waals surface area contributed by atoms with Gasteiger partial charge >= 0.3 is 0 Å². The first-order valence-corrected chi connectivity index (χ1v) is 4.78. The van der Waals surface area contributed by atoms with Crippen LogP contribution in [0.3, 0.4) is 0 Å². The molecule has 1 heterocycles. The highest BCUT2D eigenvalue weighted by atomic mass is 19.1. The van der Waals surface area contributed by atoms with Gasteiger partial charge in [0.2, 0.25) is 5.91 Å². The maximum Gasteiger partial charge on any atom is 0.248 e. The van der Waals surface area contributed by atoms with E-state index < -0.39 is 6.67 Å². The fourth-order valence-electron chi connectivity index (χ4n) is 1.37. The van der Waals surface area contributed by atoms with E-state index in [9.17, 15) is 9.18 Å². The van der Waals surface area contributed by atoms with E-state index in [0.29, 0.717) is 11.9 Å². The first-order valence-electron chi connectivity index (χ1n) is 4.78. The van der Waals surface area contributed by atoms with Gasteiger partial charge in [-0.3, -0.25) is 10.1 Å². The molecule has 1 aliphatic rings. The number of nitrogens with zero attached hydrogens (tertiary/aromatic N) is 1. The molecule has 0 saturated carbocycles. The van der Waals surface area contributed by atoms with Crippen molar-refractivity contribution in [3.63, 3.8) is 0 Å². The Bertz CT molecular complexity index is 240. The fraction of sp³-hybridized carbons (Fsp3) is 0.778. The van der Waals surface area contributed by atoms with E-state index >= 15 is 0 Å². The third-order valence-corrected chi connectivity index (χ3v) is 1.92. The average Bonchev–Trinajstić information content (AvgIpc) is 2.49. The van der Waals surface area contributed by atoms with Gasteiger partial charge in [0.25, 0.3) is 0 Å². The molecule has 0 unspecified atom stereocenters. The minimum Gasteiger partial charge on any atom is -0.351 e. The maximum atomic E-state index is 12.5. The summed E-state index contributed by atoms with van der Waals surface area (Å²) in [5.74, 6) is 0.675. The van der Waals surface area contributed by atoms with Gasteiger partial charge in [-0.15, -0.1) is 0 Å². The molecular formula is C9H16FN3O. The number of hydrogen-bond acceptors (Lipinski definition) is 3. The zero-order chi connectivity index (χ0) is 10.6.